The van der Waals surface area contributed by atoms with Crippen LogP contribution >= 0.6 is 0 Å². The monoisotopic (exact) mass is 429 g/mol. The number of nitriles is 1. The third kappa shape index (κ3) is 3.26. The van der Waals surface area contributed by atoms with E-state index in [1.807, 2.05) is 19.9 Å². The van der Waals surface area contributed by atoms with Crippen molar-refractivity contribution in [1.82, 2.24) is 19.7 Å². The van der Waals surface area contributed by atoms with Crippen LogP contribution in [-0.4, -0.2) is 38.3 Å². The van der Waals surface area contributed by atoms with Gasteiger partial charge in [0.1, 0.15) is 18.8 Å². The highest BCUT2D eigenvalue weighted by Gasteiger charge is 2.35. The fourth-order valence-corrected chi connectivity index (χ4v) is 4.09. The van der Waals surface area contributed by atoms with E-state index >= 15 is 0 Å². The van der Waals surface area contributed by atoms with Crippen molar-refractivity contribution >= 4 is 12.1 Å². The van der Waals surface area contributed by atoms with Crippen LogP contribution in [0.2, 0.25) is 0 Å². The molecule has 5 rings (SSSR count). The molecule has 3 aromatic rings. The lowest BCUT2D eigenvalue weighted by atomic mass is 9.95. The highest BCUT2D eigenvalue weighted by atomic mass is 16.6. The molecule has 1 amide bonds. The molecule has 32 heavy (non-hydrogen) atoms. The molecule has 4 heterocycles. The molecule has 1 fully saturated rings. The number of hydrogen-bond acceptors (Lipinski definition) is 7. The van der Waals surface area contributed by atoms with Crippen molar-refractivity contribution < 1.29 is 19.1 Å². The van der Waals surface area contributed by atoms with Gasteiger partial charge < -0.3 is 9.47 Å². The number of carbonyl (C=O) groups is 2. The topological polar surface area (TPSA) is 110 Å². The predicted octanol–water partition coefficient (Wildman–Crippen LogP) is 3.12. The Morgan fingerprint density at radius 3 is 2.88 bits per heavy atom. The van der Waals surface area contributed by atoms with E-state index in [1.165, 1.54) is 6.20 Å². The summed E-state index contributed by atoms with van der Waals surface area (Å²) in [6.07, 6.45) is 4.19. The fraction of sp³-hybridized carbons (Fsp3) is 0.261. The first kappa shape index (κ1) is 19.8. The molecule has 160 valence electrons. The lowest BCUT2D eigenvalue weighted by molar-refractivity contribution is 0.0535. The molecule has 2 aliphatic rings. The van der Waals surface area contributed by atoms with Crippen LogP contribution in [0.4, 0.5) is 4.79 Å². The summed E-state index contributed by atoms with van der Waals surface area (Å²) >= 11 is 0. The smallest absolute Gasteiger partial charge is 0.410 e. The summed E-state index contributed by atoms with van der Waals surface area (Å²) in [7, 11) is 0. The van der Waals surface area contributed by atoms with E-state index in [0.29, 0.717) is 30.0 Å². The number of fused-ring (bicyclic) bond motifs is 1. The molecule has 1 atom stereocenters. The first-order chi connectivity index (χ1) is 15.4. The van der Waals surface area contributed by atoms with Gasteiger partial charge in [0.2, 0.25) is 0 Å². The number of aryl methyl sites for hydroxylation is 1. The molecule has 0 saturated carbocycles. The molecular formula is C23H19N5O4. The molecule has 0 radical (unpaired) electrons. The van der Waals surface area contributed by atoms with E-state index in [0.717, 1.165) is 27.8 Å². The maximum Gasteiger partial charge on any atom is 0.410 e. The zero-order chi connectivity index (χ0) is 22.4. The minimum absolute atomic E-state index is 0.250. The van der Waals surface area contributed by atoms with Crippen LogP contribution in [0, 0.1) is 25.2 Å². The molecule has 0 spiro atoms. The standard InChI is InChI=1S/C23H19N5O4/c1-13-5-21(25-8-16(13)6-24)28-10-15(7-26-28)9-27-11-20(32-23(27)30)17-3-4-18-19(14(17)2)12-31-22(18)29/h3-5,7-8,10,20H,9,11-12H2,1-2H3/t20-/m0/s1. The molecule has 0 N–H and O–H groups in total. The maximum absolute atomic E-state index is 12.5. The highest BCUT2D eigenvalue weighted by Crippen LogP contribution is 2.34. The number of benzene rings is 1. The quantitative estimate of drug-likeness (QED) is 0.586. The summed E-state index contributed by atoms with van der Waals surface area (Å²) in [5, 5.41) is 13.4. The summed E-state index contributed by atoms with van der Waals surface area (Å²) in [5.74, 6) is 0.281. The zero-order valence-corrected chi connectivity index (χ0v) is 17.5. The van der Waals surface area contributed by atoms with E-state index in [2.05, 4.69) is 16.2 Å². The molecule has 0 unspecified atom stereocenters. The number of pyridine rings is 1. The number of carbonyl (C=O) groups excluding carboxylic acids is 2. The second-order valence-electron chi connectivity index (χ2n) is 7.90. The maximum atomic E-state index is 12.5. The fourth-order valence-electron chi connectivity index (χ4n) is 4.09. The second kappa shape index (κ2) is 7.50. The van der Waals surface area contributed by atoms with Crippen molar-refractivity contribution in [2.75, 3.05) is 6.54 Å². The molecule has 9 heteroatoms. The van der Waals surface area contributed by atoms with Crippen LogP contribution in [-0.2, 0) is 22.6 Å². The van der Waals surface area contributed by atoms with E-state index in [4.69, 9.17) is 14.7 Å². The van der Waals surface area contributed by atoms with Crippen LogP contribution in [0.3, 0.4) is 0 Å². The van der Waals surface area contributed by atoms with Crippen LogP contribution < -0.4 is 0 Å². The van der Waals surface area contributed by atoms with Gasteiger partial charge in [-0.2, -0.15) is 10.4 Å². The largest absolute Gasteiger partial charge is 0.457 e. The van der Waals surface area contributed by atoms with Gasteiger partial charge in [0.25, 0.3) is 0 Å². The summed E-state index contributed by atoms with van der Waals surface area (Å²) < 4.78 is 12.4. The first-order valence-electron chi connectivity index (χ1n) is 10.1. The van der Waals surface area contributed by atoms with Crippen molar-refractivity contribution in [1.29, 1.82) is 5.26 Å². The van der Waals surface area contributed by atoms with Crippen LogP contribution in [0.25, 0.3) is 5.82 Å². The molecule has 2 aliphatic heterocycles. The molecule has 9 nitrogen and oxygen atoms in total. The summed E-state index contributed by atoms with van der Waals surface area (Å²) in [6.45, 7) is 4.75. The number of hydrogen-bond donors (Lipinski definition) is 0. The zero-order valence-electron chi connectivity index (χ0n) is 17.5. The number of aromatic nitrogens is 3. The molecule has 1 saturated heterocycles. The SMILES string of the molecule is Cc1cc(-n2cc(CN3C[C@@H](c4ccc5c(c4C)COC5=O)OC3=O)cn2)ncc1C#N. The Morgan fingerprint density at radius 1 is 1.25 bits per heavy atom. The third-order valence-corrected chi connectivity index (χ3v) is 5.90. The van der Waals surface area contributed by atoms with Gasteiger partial charge in [-0.1, -0.05) is 6.07 Å². The van der Waals surface area contributed by atoms with Gasteiger partial charge in [-0.05, 0) is 42.7 Å². The van der Waals surface area contributed by atoms with Crippen LogP contribution in [0.15, 0.2) is 36.8 Å². The minimum Gasteiger partial charge on any atom is -0.457 e. The van der Waals surface area contributed by atoms with Gasteiger partial charge in [-0.15, -0.1) is 0 Å². The lowest BCUT2D eigenvalue weighted by Gasteiger charge is -2.14. The van der Waals surface area contributed by atoms with Crippen molar-refractivity contribution in [3.8, 4) is 11.9 Å². The Labute approximate surface area is 183 Å². The van der Waals surface area contributed by atoms with Gasteiger partial charge >= 0.3 is 12.1 Å². The Hall–Kier alpha value is -4.19. The van der Waals surface area contributed by atoms with Crippen molar-refractivity contribution in [3.63, 3.8) is 0 Å². The van der Waals surface area contributed by atoms with E-state index in [9.17, 15) is 9.59 Å². The number of rotatable bonds is 4. The highest BCUT2D eigenvalue weighted by molar-refractivity contribution is 5.94. The van der Waals surface area contributed by atoms with Gasteiger partial charge in [0.15, 0.2) is 5.82 Å². The Morgan fingerprint density at radius 2 is 2.09 bits per heavy atom. The molecule has 1 aromatic carbocycles. The summed E-state index contributed by atoms with van der Waals surface area (Å²) in [4.78, 5) is 30.2. The Bertz CT molecular complexity index is 1310. The predicted molar refractivity (Wildman–Crippen MR) is 111 cm³/mol. The van der Waals surface area contributed by atoms with E-state index in [1.54, 1.807) is 34.1 Å². The first-order valence-corrected chi connectivity index (χ1v) is 10.1. The lowest BCUT2D eigenvalue weighted by Crippen LogP contribution is -2.23. The summed E-state index contributed by atoms with van der Waals surface area (Å²) in [5.41, 5.74) is 5.40. The van der Waals surface area contributed by atoms with Crippen molar-refractivity contribution in [2.45, 2.75) is 33.1 Å². The van der Waals surface area contributed by atoms with Gasteiger partial charge in [-0.25, -0.2) is 19.3 Å². The van der Waals surface area contributed by atoms with E-state index in [-0.39, 0.29) is 12.6 Å². The van der Waals surface area contributed by atoms with Crippen LogP contribution in [0.5, 0.6) is 0 Å². The Kier molecular flexibility index (Phi) is 4.63. The van der Waals surface area contributed by atoms with Gasteiger partial charge in [0.05, 0.1) is 30.4 Å². The van der Waals surface area contributed by atoms with Crippen molar-refractivity contribution in [2.24, 2.45) is 0 Å². The number of nitrogens with zero attached hydrogens (tertiary/aromatic N) is 5. The molecule has 0 aliphatic carbocycles. The number of amides is 1. The van der Waals surface area contributed by atoms with Gasteiger partial charge in [-0.3, -0.25) is 4.90 Å². The second-order valence-corrected chi connectivity index (χ2v) is 7.90. The normalized spacial score (nSPS) is 17.2. The number of esters is 1. The number of cyclic esters (lactones) is 2. The Balaban J connectivity index is 1.32. The van der Waals surface area contributed by atoms with E-state index < -0.39 is 12.2 Å². The van der Waals surface area contributed by atoms with Gasteiger partial charge in [0, 0.05) is 23.5 Å². The average Bonchev–Trinajstić information content (AvgIpc) is 3.49. The third-order valence-electron chi connectivity index (χ3n) is 5.90. The van der Waals surface area contributed by atoms with Crippen LogP contribution in [0.1, 0.15) is 49.8 Å². The minimum atomic E-state index is -0.415. The number of ether oxygens (including phenoxy) is 2. The molecular weight excluding hydrogens is 410 g/mol. The average molecular weight is 429 g/mol. The molecule has 2 aromatic heterocycles. The summed E-state index contributed by atoms with van der Waals surface area (Å²) in [6, 6.07) is 7.46. The molecule has 0 bridgehead atoms. The van der Waals surface area contributed by atoms with Crippen molar-refractivity contribution in [3.05, 3.63) is 75.7 Å².